The molecule has 0 aliphatic rings. The van der Waals surface area contributed by atoms with Gasteiger partial charge in [0.1, 0.15) is 12.6 Å². The van der Waals surface area contributed by atoms with Gasteiger partial charge in [0.2, 0.25) is 0 Å². The molecule has 2 aromatic carbocycles. The minimum atomic E-state index is 0.771. The molecule has 0 unspecified atom stereocenters. The van der Waals surface area contributed by atoms with E-state index >= 15 is 0 Å². The first-order chi connectivity index (χ1) is 9.86. The van der Waals surface area contributed by atoms with Crippen LogP contribution in [0.15, 0.2) is 72.8 Å². The maximum absolute atomic E-state index is 9.89. The third kappa shape index (κ3) is 6.87. The van der Waals surface area contributed by atoms with Crippen molar-refractivity contribution < 1.29 is 9.59 Å². The summed E-state index contributed by atoms with van der Waals surface area (Å²) < 4.78 is 0. The third-order valence-electron chi connectivity index (χ3n) is 2.33. The summed E-state index contributed by atoms with van der Waals surface area (Å²) in [5, 5.41) is 0. The molecule has 2 nitrogen and oxygen atoms in total. The van der Waals surface area contributed by atoms with E-state index in [1.165, 1.54) is 12.2 Å². The minimum Gasteiger partial charge on any atom is -0.299 e. The van der Waals surface area contributed by atoms with Crippen molar-refractivity contribution in [1.82, 2.24) is 0 Å². The summed E-state index contributed by atoms with van der Waals surface area (Å²) in [5.74, 6) is 0. The molecule has 0 saturated heterocycles. The predicted octanol–water partition coefficient (Wildman–Crippen LogP) is 3.80. The summed E-state index contributed by atoms with van der Waals surface area (Å²) in [6.07, 6.45) is 8.05. The van der Waals surface area contributed by atoms with Crippen LogP contribution in [0.2, 0.25) is 0 Å². The van der Waals surface area contributed by atoms with Crippen LogP contribution in [0.25, 0.3) is 12.2 Å². The molecule has 0 aliphatic carbocycles. The average Bonchev–Trinajstić information content (AvgIpc) is 2.53. The van der Waals surface area contributed by atoms with Crippen LogP contribution >= 0.6 is 0 Å². The van der Waals surface area contributed by atoms with Gasteiger partial charge in [-0.15, -0.1) is 0 Å². The molecule has 0 bridgehead atoms. The molecule has 0 spiro atoms. The number of benzene rings is 2. The van der Waals surface area contributed by atoms with E-state index in [2.05, 4.69) is 0 Å². The maximum Gasteiger partial charge on any atom is 0.142 e. The fraction of sp³-hybridized carbons (Fsp3) is 0. The van der Waals surface area contributed by atoms with Crippen molar-refractivity contribution in [2.45, 2.75) is 0 Å². The van der Waals surface area contributed by atoms with Gasteiger partial charge < -0.3 is 0 Å². The Balaban J connectivity index is 0.000000200. The third-order valence-corrected chi connectivity index (χ3v) is 2.33. The summed E-state index contributed by atoms with van der Waals surface area (Å²) in [6.45, 7) is 0. The van der Waals surface area contributed by atoms with Gasteiger partial charge in [-0.25, -0.2) is 0 Å². The van der Waals surface area contributed by atoms with E-state index in [0.717, 1.165) is 23.7 Å². The van der Waals surface area contributed by atoms with E-state index in [9.17, 15) is 9.59 Å². The van der Waals surface area contributed by atoms with Crippen molar-refractivity contribution in [3.63, 3.8) is 0 Å². The molecule has 0 aliphatic heterocycles. The normalized spacial score (nSPS) is 10.0. The zero-order valence-corrected chi connectivity index (χ0v) is 11.1. The smallest absolute Gasteiger partial charge is 0.142 e. The highest BCUT2D eigenvalue weighted by atomic mass is 16.1. The van der Waals surface area contributed by atoms with Crippen LogP contribution in [-0.2, 0) is 9.59 Å². The zero-order valence-electron chi connectivity index (χ0n) is 11.1. The monoisotopic (exact) mass is 264 g/mol. The lowest BCUT2D eigenvalue weighted by molar-refractivity contribution is -0.104. The second-order valence-electron chi connectivity index (χ2n) is 3.81. The zero-order chi connectivity index (χ0) is 14.5. The number of carbonyl (C=O) groups excluding carboxylic acids is 2. The van der Waals surface area contributed by atoms with E-state index in [0.29, 0.717) is 0 Å². The summed E-state index contributed by atoms with van der Waals surface area (Å²) in [7, 11) is 0. The lowest BCUT2D eigenvalue weighted by Gasteiger charge is -1.86. The second-order valence-corrected chi connectivity index (χ2v) is 3.81. The molecule has 2 aromatic rings. The Morgan fingerprint density at radius 2 is 0.900 bits per heavy atom. The Morgan fingerprint density at radius 3 is 1.20 bits per heavy atom. The average molecular weight is 264 g/mol. The van der Waals surface area contributed by atoms with Gasteiger partial charge in [0.05, 0.1) is 0 Å². The Labute approximate surface area is 119 Å². The quantitative estimate of drug-likeness (QED) is 0.622. The number of hydrogen-bond donors (Lipinski definition) is 0. The first-order valence-corrected chi connectivity index (χ1v) is 6.20. The van der Waals surface area contributed by atoms with Crippen molar-refractivity contribution in [3.05, 3.63) is 83.9 Å². The van der Waals surface area contributed by atoms with E-state index in [4.69, 9.17) is 0 Å². The first-order valence-electron chi connectivity index (χ1n) is 6.20. The van der Waals surface area contributed by atoms with Crippen LogP contribution in [0, 0.1) is 0 Å². The van der Waals surface area contributed by atoms with E-state index in [1.54, 1.807) is 12.2 Å². The van der Waals surface area contributed by atoms with Crippen molar-refractivity contribution >= 4 is 24.7 Å². The highest BCUT2D eigenvalue weighted by molar-refractivity contribution is 5.74. The minimum absolute atomic E-state index is 0.771. The van der Waals surface area contributed by atoms with Gasteiger partial charge in [0.25, 0.3) is 0 Å². The molecule has 0 amide bonds. The van der Waals surface area contributed by atoms with E-state index < -0.39 is 0 Å². The van der Waals surface area contributed by atoms with Gasteiger partial charge in [0.15, 0.2) is 0 Å². The van der Waals surface area contributed by atoms with E-state index in [1.807, 2.05) is 60.7 Å². The first kappa shape index (κ1) is 15.3. The van der Waals surface area contributed by atoms with Crippen molar-refractivity contribution in [3.8, 4) is 0 Å². The largest absolute Gasteiger partial charge is 0.299 e. The molecule has 0 aromatic heterocycles. The van der Waals surface area contributed by atoms with Gasteiger partial charge in [-0.05, 0) is 23.3 Å². The molecule has 2 rings (SSSR count). The summed E-state index contributed by atoms with van der Waals surface area (Å²) in [4.78, 5) is 19.8. The van der Waals surface area contributed by atoms with Crippen LogP contribution in [0.4, 0.5) is 0 Å². The molecular weight excluding hydrogens is 248 g/mol. The van der Waals surface area contributed by atoms with Gasteiger partial charge >= 0.3 is 0 Å². The maximum atomic E-state index is 9.89. The van der Waals surface area contributed by atoms with Crippen LogP contribution in [0.3, 0.4) is 0 Å². The number of carbonyl (C=O) groups is 2. The molecule has 2 heteroatoms. The van der Waals surface area contributed by atoms with Crippen molar-refractivity contribution in [1.29, 1.82) is 0 Å². The molecule has 0 saturated carbocycles. The Morgan fingerprint density at radius 1 is 0.550 bits per heavy atom. The molecular formula is C18H16O2. The molecule has 0 heterocycles. The number of hydrogen-bond acceptors (Lipinski definition) is 2. The summed E-state index contributed by atoms with van der Waals surface area (Å²) in [6, 6.07) is 19.4. The molecule has 20 heavy (non-hydrogen) atoms. The molecule has 0 radical (unpaired) electrons. The molecule has 0 atom stereocenters. The lowest BCUT2D eigenvalue weighted by atomic mass is 10.2. The summed E-state index contributed by atoms with van der Waals surface area (Å²) in [5.41, 5.74) is 2.10. The van der Waals surface area contributed by atoms with Crippen LogP contribution in [-0.4, -0.2) is 12.6 Å². The number of aldehydes is 2. The van der Waals surface area contributed by atoms with Crippen molar-refractivity contribution in [2.24, 2.45) is 0 Å². The van der Waals surface area contributed by atoms with Gasteiger partial charge in [-0.2, -0.15) is 0 Å². The number of rotatable bonds is 4. The fourth-order valence-corrected chi connectivity index (χ4v) is 1.43. The highest BCUT2D eigenvalue weighted by Crippen LogP contribution is 1.99. The second kappa shape index (κ2) is 10.2. The van der Waals surface area contributed by atoms with Crippen LogP contribution in [0.5, 0.6) is 0 Å². The van der Waals surface area contributed by atoms with Gasteiger partial charge in [-0.3, -0.25) is 9.59 Å². The molecule has 0 fully saturated rings. The molecule has 100 valence electrons. The lowest BCUT2D eigenvalue weighted by Crippen LogP contribution is -1.67. The van der Waals surface area contributed by atoms with Gasteiger partial charge in [-0.1, -0.05) is 72.8 Å². The van der Waals surface area contributed by atoms with Crippen LogP contribution < -0.4 is 0 Å². The van der Waals surface area contributed by atoms with Crippen molar-refractivity contribution in [2.75, 3.05) is 0 Å². The highest BCUT2D eigenvalue weighted by Gasteiger charge is 1.79. The van der Waals surface area contributed by atoms with Crippen LogP contribution in [0.1, 0.15) is 11.1 Å². The number of allylic oxidation sites excluding steroid dienone is 2. The molecule has 0 N–H and O–H groups in total. The Kier molecular flexibility index (Phi) is 7.82. The standard InChI is InChI=1S/2C9H8O/c2*10-8-4-7-9-5-2-1-3-6-9/h2*1-8H/b2*7-4-. The SMILES string of the molecule is O=C/C=C\c1ccccc1.O=C/C=C\c1ccccc1. The van der Waals surface area contributed by atoms with E-state index in [-0.39, 0.29) is 0 Å². The predicted molar refractivity (Wildman–Crippen MR) is 83.1 cm³/mol. The Hall–Kier alpha value is -2.74. The Bertz CT molecular complexity index is 501. The fourth-order valence-electron chi connectivity index (χ4n) is 1.43. The topological polar surface area (TPSA) is 34.1 Å². The summed E-state index contributed by atoms with van der Waals surface area (Å²) >= 11 is 0. The van der Waals surface area contributed by atoms with Gasteiger partial charge in [0, 0.05) is 0 Å².